The molecule has 2 aromatic rings. The van der Waals surface area contributed by atoms with Crippen LogP contribution in [0.15, 0.2) is 23.0 Å². The van der Waals surface area contributed by atoms with Crippen LogP contribution >= 0.6 is 0 Å². The predicted molar refractivity (Wildman–Crippen MR) is 79.5 cm³/mol. The number of H-pyrrole nitrogens is 1. The minimum absolute atomic E-state index is 0.232. The van der Waals surface area contributed by atoms with Gasteiger partial charge in [0.2, 0.25) is 0 Å². The van der Waals surface area contributed by atoms with Crippen molar-refractivity contribution < 1.29 is 9.50 Å². The first kappa shape index (κ1) is 15.1. The Morgan fingerprint density at radius 1 is 1.29 bits per heavy atom. The van der Waals surface area contributed by atoms with Gasteiger partial charge in [-0.3, -0.25) is 4.79 Å². The summed E-state index contributed by atoms with van der Waals surface area (Å²) in [5, 5.41) is 17.0. The third-order valence-electron chi connectivity index (χ3n) is 3.37. The van der Waals surface area contributed by atoms with Crippen molar-refractivity contribution in [2.24, 2.45) is 0 Å². The molecule has 0 bridgehead atoms. The van der Waals surface area contributed by atoms with Gasteiger partial charge in [0.1, 0.15) is 5.82 Å². The molecule has 4 nitrogen and oxygen atoms in total. The topological polar surface area (TPSA) is 66.0 Å². The standard InChI is InChI=1S/C16H17FN2O2/c1-3-12-13(4-2)16(21)19-18-15(12)8-10-5-6-14(17)11(7-10)9-20/h3-7,20H,8-9H2,1-2H3,(H,19,21). The van der Waals surface area contributed by atoms with Crippen molar-refractivity contribution in [3.63, 3.8) is 0 Å². The number of aromatic nitrogens is 2. The van der Waals surface area contributed by atoms with Gasteiger partial charge in [0.25, 0.3) is 5.56 Å². The van der Waals surface area contributed by atoms with Gasteiger partial charge in [-0.25, -0.2) is 9.49 Å². The van der Waals surface area contributed by atoms with Crippen molar-refractivity contribution in [2.45, 2.75) is 26.9 Å². The van der Waals surface area contributed by atoms with E-state index in [0.29, 0.717) is 17.3 Å². The zero-order valence-electron chi connectivity index (χ0n) is 12.0. The van der Waals surface area contributed by atoms with Gasteiger partial charge in [0.05, 0.1) is 12.3 Å². The number of benzene rings is 1. The lowest BCUT2D eigenvalue weighted by molar-refractivity contribution is 0.275. The molecule has 0 spiro atoms. The van der Waals surface area contributed by atoms with E-state index in [1.165, 1.54) is 6.07 Å². The molecule has 0 aliphatic rings. The Kier molecular flexibility index (Phi) is 4.65. The number of nitrogens with one attached hydrogen (secondary N) is 1. The van der Waals surface area contributed by atoms with Crippen LogP contribution in [-0.4, -0.2) is 15.3 Å². The second-order valence-corrected chi connectivity index (χ2v) is 4.66. The van der Waals surface area contributed by atoms with Gasteiger partial charge in [-0.1, -0.05) is 24.3 Å². The Bertz CT molecular complexity index is 825. The monoisotopic (exact) mass is 288 g/mol. The summed E-state index contributed by atoms with van der Waals surface area (Å²) in [5.74, 6) is -0.430. The second kappa shape index (κ2) is 6.45. The molecule has 0 saturated heterocycles. The minimum Gasteiger partial charge on any atom is -0.392 e. The predicted octanol–water partition coefficient (Wildman–Crippen LogP) is 0.593. The molecular weight excluding hydrogens is 271 g/mol. The van der Waals surface area contributed by atoms with E-state index in [0.717, 1.165) is 10.8 Å². The summed E-state index contributed by atoms with van der Waals surface area (Å²) >= 11 is 0. The maximum Gasteiger partial charge on any atom is 0.271 e. The molecule has 1 aromatic heterocycles. The first-order chi connectivity index (χ1) is 10.1. The molecule has 110 valence electrons. The van der Waals surface area contributed by atoms with Gasteiger partial charge in [-0.15, -0.1) is 0 Å². The third-order valence-corrected chi connectivity index (χ3v) is 3.37. The molecule has 2 N–H and O–H groups in total. The molecule has 1 aromatic carbocycles. The minimum atomic E-state index is -0.430. The first-order valence-electron chi connectivity index (χ1n) is 6.69. The second-order valence-electron chi connectivity index (χ2n) is 4.66. The zero-order valence-corrected chi connectivity index (χ0v) is 12.0. The quantitative estimate of drug-likeness (QED) is 0.869. The van der Waals surface area contributed by atoms with Crippen LogP contribution < -0.4 is 16.0 Å². The number of hydrogen-bond acceptors (Lipinski definition) is 3. The Balaban J connectivity index is 2.53. The molecule has 0 atom stereocenters. The number of aliphatic hydroxyl groups is 1. The Hall–Kier alpha value is -2.27. The summed E-state index contributed by atoms with van der Waals surface area (Å²) in [4.78, 5) is 11.7. The molecule has 0 radical (unpaired) electrons. The SMILES string of the molecule is CC=c1c(Cc2ccc(F)c(CO)c2)n[nH]c(=O)c1=CC. The lowest BCUT2D eigenvalue weighted by Crippen LogP contribution is -2.43. The average Bonchev–Trinajstić information content (AvgIpc) is 2.50. The Labute approximate surface area is 121 Å². The molecule has 0 fully saturated rings. The van der Waals surface area contributed by atoms with Crippen LogP contribution in [0.4, 0.5) is 4.39 Å². The Morgan fingerprint density at radius 2 is 2.00 bits per heavy atom. The summed E-state index contributed by atoms with van der Waals surface area (Å²) in [5.41, 5.74) is 1.55. The van der Waals surface area contributed by atoms with Crippen molar-refractivity contribution in [3.05, 3.63) is 61.6 Å². The van der Waals surface area contributed by atoms with Crippen LogP contribution in [0.1, 0.15) is 30.7 Å². The van der Waals surface area contributed by atoms with E-state index in [-0.39, 0.29) is 17.7 Å². The lowest BCUT2D eigenvalue weighted by Gasteiger charge is -2.05. The molecule has 0 aliphatic carbocycles. The number of aliphatic hydroxyl groups excluding tert-OH is 1. The number of aromatic amines is 1. The molecule has 21 heavy (non-hydrogen) atoms. The highest BCUT2D eigenvalue weighted by molar-refractivity contribution is 5.33. The van der Waals surface area contributed by atoms with Crippen LogP contribution in [0.5, 0.6) is 0 Å². The van der Waals surface area contributed by atoms with E-state index in [1.54, 1.807) is 25.1 Å². The van der Waals surface area contributed by atoms with Crippen LogP contribution in [-0.2, 0) is 13.0 Å². The van der Waals surface area contributed by atoms with Crippen LogP contribution in [0.25, 0.3) is 12.2 Å². The number of rotatable bonds is 3. The summed E-state index contributed by atoms with van der Waals surface area (Å²) in [6, 6.07) is 4.59. The van der Waals surface area contributed by atoms with Crippen molar-refractivity contribution >= 4 is 12.2 Å². The first-order valence-corrected chi connectivity index (χ1v) is 6.69. The number of nitrogens with zero attached hydrogens (tertiary/aromatic N) is 1. The molecule has 0 saturated carbocycles. The molecule has 5 heteroatoms. The summed E-state index contributed by atoms with van der Waals surface area (Å²) in [7, 11) is 0. The number of hydrogen-bond donors (Lipinski definition) is 2. The lowest BCUT2D eigenvalue weighted by atomic mass is 10.0. The van der Waals surface area contributed by atoms with Crippen molar-refractivity contribution in [2.75, 3.05) is 0 Å². The van der Waals surface area contributed by atoms with Crippen molar-refractivity contribution in [3.8, 4) is 0 Å². The highest BCUT2D eigenvalue weighted by Crippen LogP contribution is 2.12. The third kappa shape index (κ3) is 3.08. The average molecular weight is 288 g/mol. The normalized spacial score (nSPS) is 13.0. The van der Waals surface area contributed by atoms with Gasteiger partial charge in [0, 0.05) is 22.4 Å². The number of halogens is 1. The van der Waals surface area contributed by atoms with Crippen LogP contribution in [0.3, 0.4) is 0 Å². The molecular formula is C16H17FN2O2. The van der Waals surface area contributed by atoms with Crippen molar-refractivity contribution in [1.29, 1.82) is 0 Å². The molecule has 1 heterocycles. The van der Waals surface area contributed by atoms with E-state index < -0.39 is 5.82 Å². The smallest absolute Gasteiger partial charge is 0.271 e. The fourth-order valence-corrected chi connectivity index (χ4v) is 2.31. The highest BCUT2D eigenvalue weighted by Gasteiger charge is 2.06. The van der Waals surface area contributed by atoms with E-state index in [9.17, 15) is 9.18 Å². The highest BCUT2D eigenvalue weighted by atomic mass is 19.1. The van der Waals surface area contributed by atoms with Gasteiger partial charge >= 0.3 is 0 Å². The maximum atomic E-state index is 13.4. The summed E-state index contributed by atoms with van der Waals surface area (Å²) in [6.45, 7) is 3.29. The molecule has 0 amide bonds. The van der Waals surface area contributed by atoms with Gasteiger partial charge in [-0.2, -0.15) is 5.10 Å². The zero-order chi connectivity index (χ0) is 15.4. The van der Waals surface area contributed by atoms with Crippen LogP contribution in [0.2, 0.25) is 0 Å². The summed E-state index contributed by atoms with van der Waals surface area (Å²) in [6.07, 6.45) is 4.02. The van der Waals surface area contributed by atoms with Gasteiger partial charge in [-0.05, 0) is 25.5 Å². The molecule has 0 aliphatic heterocycles. The maximum absolute atomic E-state index is 13.4. The molecule has 2 rings (SSSR count). The molecule has 0 unspecified atom stereocenters. The van der Waals surface area contributed by atoms with E-state index in [1.807, 2.05) is 13.0 Å². The fourth-order valence-electron chi connectivity index (χ4n) is 2.31. The fraction of sp³-hybridized carbons (Fsp3) is 0.250. The largest absolute Gasteiger partial charge is 0.392 e. The van der Waals surface area contributed by atoms with E-state index in [2.05, 4.69) is 10.2 Å². The van der Waals surface area contributed by atoms with E-state index in [4.69, 9.17) is 5.11 Å². The van der Waals surface area contributed by atoms with Crippen molar-refractivity contribution in [1.82, 2.24) is 10.2 Å². The van der Waals surface area contributed by atoms with Gasteiger partial charge in [0.15, 0.2) is 0 Å². The summed E-state index contributed by atoms with van der Waals surface area (Å²) < 4.78 is 13.4. The Morgan fingerprint density at radius 3 is 2.62 bits per heavy atom. The van der Waals surface area contributed by atoms with Gasteiger partial charge < -0.3 is 5.11 Å². The van der Waals surface area contributed by atoms with Crippen LogP contribution in [0, 0.1) is 5.82 Å². The van der Waals surface area contributed by atoms with E-state index >= 15 is 0 Å².